The summed E-state index contributed by atoms with van der Waals surface area (Å²) in [6, 6.07) is 10.8. The lowest BCUT2D eigenvalue weighted by molar-refractivity contribution is 0.222. The van der Waals surface area contributed by atoms with Gasteiger partial charge < -0.3 is 10.6 Å². The Kier molecular flexibility index (Phi) is 5.71. The largest absolute Gasteiger partial charge is 0.337 e. The summed E-state index contributed by atoms with van der Waals surface area (Å²) in [5, 5.41) is 10.1. The van der Waals surface area contributed by atoms with Crippen LogP contribution in [0.1, 0.15) is 29.7 Å². The van der Waals surface area contributed by atoms with Gasteiger partial charge in [0.25, 0.3) is 0 Å². The molecule has 1 aromatic carbocycles. The predicted molar refractivity (Wildman–Crippen MR) is 98.1 cm³/mol. The first-order valence-electron chi connectivity index (χ1n) is 8.90. The van der Waals surface area contributed by atoms with Crippen molar-refractivity contribution in [2.45, 2.75) is 38.9 Å². The van der Waals surface area contributed by atoms with E-state index < -0.39 is 0 Å². The Morgan fingerprint density at radius 2 is 2.08 bits per heavy atom. The van der Waals surface area contributed by atoms with E-state index in [1.54, 1.807) is 6.20 Å². The molecule has 0 bridgehead atoms. The normalized spacial score (nSPS) is 17.6. The summed E-state index contributed by atoms with van der Waals surface area (Å²) in [5.41, 5.74) is 3.44. The smallest absolute Gasteiger partial charge is 0.315 e. The van der Waals surface area contributed by atoms with Crippen LogP contribution in [0.15, 0.2) is 36.5 Å². The van der Waals surface area contributed by atoms with Gasteiger partial charge in [0, 0.05) is 44.0 Å². The van der Waals surface area contributed by atoms with Crippen LogP contribution < -0.4 is 10.6 Å². The second-order valence-electron chi connectivity index (χ2n) is 6.69. The average Bonchev–Trinajstić information content (AvgIpc) is 3.19. The molecule has 6 nitrogen and oxygen atoms in total. The van der Waals surface area contributed by atoms with Gasteiger partial charge in [-0.2, -0.15) is 5.10 Å². The molecule has 6 heteroatoms. The first kappa shape index (κ1) is 17.5. The van der Waals surface area contributed by atoms with Gasteiger partial charge in [0.2, 0.25) is 0 Å². The minimum absolute atomic E-state index is 0.116. The van der Waals surface area contributed by atoms with Gasteiger partial charge in [-0.3, -0.25) is 9.58 Å². The summed E-state index contributed by atoms with van der Waals surface area (Å²) in [6.45, 7) is 5.23. The second kappa shape index (κ2) is 8.16. The topological polar surface area (TPSA) is 62.2 Å². The highest BCUT2D eigenvalue weighted by Gasteiger charge is 2.24. The van der Waals surface area contributed by atoms with Gasteiger partial charge in [-0.15, -0.1) is 0 Å². The van der Waals surface area contributed by atoms with Crippen LogP contribution in [0.25, 0.3) is 0 Å². The van der Waals surface area contributed by atoms with Crippen molar-refractivity contribution < 1.29 is 4.79 Å². The first-order chi connectivity index (χ1) is 12.1. The van der Waals surface area contributed by atoms with E-state index in [2.05, 4.69) is 44.9 Å². The standard InChI is InChI=1S/C19H27N5O/c1-15-17(12-22-23(15)2)11-20-19(25)21-13-18-9-6-10-24(18)14-16-7-4-3-5-8-16/h3-5,7-8,12,18H,6,9-11,13-14H2,1-2H3,(H2,20,21,25). The number of carbonyl (C=O) groups excluding carboxylic acids is 1. The molecule has 0 radical (unpaired) electrons. The maximum Gasteiger partial charge on any atom is 0.315 e. The number of aromatic nitrogens is 2. The van der Waals surface area contributed by atoms with E-state index >= 15 is 0 Å². The summed E-state index contributed by atoms with van der Waals surface area (Å²) >= 11 is 0. The molecule has 2 amide bonds. The number of aryl methyl sites for hydroxylation is 1. The zero-order chi connectivity index (χ0) is 17.6. The number of nitrogens with one attached hydrogen (secondary N) is 2. The van der Waals surface area contributed by atoms with Crippen molar-refractivity contribution >= 4 is 6.03 Å². The molecule has 2 heterocycles. The molecule has 2 N–H and O–H groups in total. The third-order valence-electron chi connectivity index (χ3n) is 5.00. The molecule has 2 aromatic rings. The number of hydrogen-bond acceptors (Lipinski definition) is 3. The Labute approximate surface area is 149 Å². The van der Waals surface area contributed by atoms with Gasteiger partial charge in [-0.05, 0) is 31.9 Å². The Hall–Kier alpha value is -2.34. The number of carbonyl (C=O) groups is 1. The summed E-state index contributed by atoms with van der Waals surface area (Å²) in [6.07, 6.45) is 4.12. The van der Waals surface area contributed by atoms with E-state index in [0.717, 1.165) is 30.8 Å². The third kappa shape index (κ3) is 4.60. The van der Waals surface area contributed by atoms with Gasteiger partial charge in [0.05, 0.1) is 6.20 Å². The number of likely N-dealkylation sites (tertiary alicyclic amines) is 1. The molecule has 1 saturated heterocycles. The van der Waals surface area contributed by atoms with Crippen molar-refractivity contribution in [2.24, 2.45) is 7.05 Å². The molecule has 1 aliphatic heterocycles. The van der Waals surface area contributed by atoms with Gasteiger partial charge in [0.1, 0.15) is 0 Å². The maximum absolute atomic E-state index is 12.1. The Balaban J connectivity index is 1.44. The fourth-order valence-corrected chi connectivity index (χ4v) is 3.32. The molecular formula is C19H27N5O. The molecule has 0 aliphatic carbocycles. The molecule has 134 valence electrons. The van der Waals surface area contributed by atoms with Gasteiger partial charge >= 0.3 is 6.03 Å². The Bertz CT molecular complexity index is 697. The van der Waals surface area contributed by atoms with Crippen molar-refractivity contribution in [1.29, 1.82) is 0 Å². The van der Waals surface area contributed by atoms with Crippen LogP contribution in [0, 0.1) is 6.92 Å². The number of nitrogens with zero attached hydrogens (tertiary/aromatic N) is 3. The molecule has 1 atom stereocenters. The van der Waals surface area contributed by atoms with E-state index in [-0.39, 0.29) is 6.03 Å². The number of rotatable bonds is 6. The minimum Gasteiger partial charge on any atom is -0.337 e. The van der Waals surface area contributed by atoms with E-state index in [1.165, 1.54) is 12.0 Å². The number of benzene rings is 1. The van der Waals surface area contributed by atoms with E-state index in [1.807, 2.05) is 24.7 Å². The molecule has 1 fully saturated rings. The van der Waals surface area contributed by atoms with Crippen molar-refractivity contribution in [3.8, 4) is 0 Å². The molecule has 25 heavy (non-hydrogen) atoms. The molecule has 1 unspecified atom stereocenters. The zero-order valence-corrected chi connectivity index (χ0v) is 15.0. The third-order valence-corrected chi connectivity index (χ3v) is 5.00. The number of amides is 2. The van der Waals surface area contributed by atoms with E-state index in [9.17, 15) is 4.79 Å². The molecular weight excluding hydrogens is 314 g/mol. The Morgan fingerprint density at radius 3 is 2.80 bits per heavy atom. The molecule has 3 rings (SSSR count). The summed E-state index contributed by atoms with van der Waals surface area (Å²) in [5.74, 6) is 0. The van der Waals surface area contributed by atoms with Crippen molar-refractivity contribution in [2.75, 3.05) is 13.1 Å². The van der Waals surface area contributed by atoms with Crippen LogP contribution in [-0.4, -0.2) is 39.8 Å². The average molecular weight is 341 g/mol. The van der Waals surface area contributed by atoms with Crippen molar-refractivity contribution in [3.05, 3.63) is 53.3 Å². The lowest BCUT2D eigenvalue weighted by atomic mass is 10.2. The van der Waals surface area contributed by atoms with E-state index in [4.69, 9.17) is 0 Å². The highest BCUT2D eigenvalue weighted by molar-refractivity contribution is 5.73. The highest BCUT2D eigenvalue weighted by Crippen LogP contribution is 2.19. The van der Waals surface area contributed by atoms with Gasteiger partial charge in [-0.1, -0.05) is 30.3 Å². The SMILES string of the molecule is Cc1c(CNC(=O)NCC2CCCN2Cc2ccccc2)cnn1C. The monoisotopic (exact) mass is 341 g/mol. The van der Waals surface area contributed by atoms with Gasteiger partial charge in [-0.25, -0.2) is 4.79 Å². The zero-order valence-electron chi connectivity index (χ0n) is 15.0. The second-order valence-corrected chi connectivity index (χ2v) is 6.69. The molecule has 1 aliphatic rings. The van der Waals surface area contributed by atoms with Crippen LogP contribution in [-0.2, 0) is 20.1 Å². The van der Waals surface area contributed by atoms with Crippen molar-refractivity contribution in [3.63, 3.8) is 0 Å². The maximum atomic E-state index is 12.1. The first-order valence-corrected chi connectivity index (χ1v) is 8.90. The fourth-order valence-electron chi connectivity index (χ4n) is 3.32. The van der Waals surface area contributed by atoms with Crippen LogP contribution in [0.4, 0.5) is 4.79 Å². The summed E-state index contributed by atoms with van der Waals surface area (Å²) in [4.78, 5) is 14.5. The molecule has 1 aromatic heterocycles. The molecule has 0 spiro atoms. The van der Waals surface area contributed by atoms with Crippen molar-refractivity contribution in [1.82, 2.24) is 25.3 Å². The lowest BCUT2D eigenvalue weighted by Crippen LogP contribution is -2.43. The van der Waals surface area contributed by atoms with E-state index in [0.29, 0.717) is 19.1 Å². The van der Waals surface area contributed by atoms with Crippen LogP contribution in [0.3, 0.4) is 0 Å². The van der Waals surface area contributed by atoms with Crippen LogP contribution in [0.5, 0.6) is 0 Å². The number of hydrogen-bond donors (Lipinski definition) is 2. The summed E-state index contributed by atoms with van der Waals surface area (Å²) in [7, 11) is 1.90. The fraction of sp³-hybridized carbons (Fsp3) is 0.474. The van der Waals surface area contributed by atoms with Crippen LogP contribution >= 0.6 is 0 Å². The van der Waals surface area contributed by atoms with Crippen LogP contribution in [0.2, 0.25) is 0 Å². The Morgan fingerprint density at radius 1 is 1.28 bits per heavy atom. The van der Waals surface area contributed by atoms with Gasteiger partial charge in [0.15, 0.2) is 0 Å². The predicted octanol–water partition coefficient (Wildman–Crippen LogP) is 2.19. The molecule has 0 saturated carbocycles. The summed E-state index contributed by atoms with van der Waals surface area (Å²) < 4.78 is 1.81. The quantitative estimate of drug-likeness (QED) is 0.847. The highest BCUT2D eigenvalue weighted by atomic mass is 16.2. The number of urea groups is 1. The minimum atomic E-state index is -0.116. The lowest BCUT2D eigenvalue weighted by Gasteiger charge is -2.24.